The molecule has 2 rings (SSSR count). The van der Waals surface area contributed by atoms with Crippen LogP contribution in [0.1, 0.15) is 37.5 Å². The lowest BCUT2D eigenvalue weighted by Crippen LogP contribution is -1.97. The maximum absolute atomic E-state index is 5.34. The number of benzene rings is 1. The number of hydrogen-bond acceptors (Lipinski definition) is 3. The zero-order chi connectivity index (χ0) is 13.7. The summed E-state index contributed by atoms with van der Waals surface area (Å²) in [6.07, 6.45) is 6.06. The molecule has 0 aliphatic heterocycles. The normalized spacial score (nSPS) is 12.4. The third-order valence-electron chi connectivity index (χ3n) is 3.21. The number of hydrogen-bond donors (Lipinski definition) is 0. The van der Waals surface area contributed by atoms with Gasteiger partial charge in [-0.05, 0) is 30.5 Å². The van der Waals surface area contributed by atoms with Crippen LogP contribution in [-0.4, -0.2) is 17.1 Å². The second-order valence-electron chi connectivity index (χ2n) is 4.67. The van der Waals surface area contributed by atoms with Crippen molar-refractivity contribution in [2.75, 3.05) is 7.11 Å². The van der Waals surface area contributed by atoms with Crippen molar-refractivity contribution in [3.63, 3.8) is 0 Å². The fourth-order valence-electron chi connectivity index (χ4n) is 1.99. The molecular formula is C16H20N2O. The van der Waals surface area contributed by atoms with Crippen LogP contribution in [0.3, 0.4) is 0 Å². The van der Waals surface area contributed by atoms with E-state index in [1.165, 1.54) is 5.56 Å². The van der Waals surface area contributed by atoms with E-state index in [9.17, 15) is 0 Å². The van der Waals surface area contributed by atoms with Crippen molar-refractivity contribution < 1.29 is 4.74 Å². The van der Waals surface area contributed by atoms with E-state index in [0.29, 0.717) is 0 Å². The molecule has 2 aromatic rings. The summed E-state index contributed by atoms with van der Waals surface area (Å²) in [4.78, 5) is 8.88. The highest BCUT2D eigenvalue weighted by molar-refractivity contribution is 5.56. The van der Waals surface area contributed by atoms with Crippen LogP contribution < -0.4 is 0 Å². The van der Waals surface area contributed by atoms with E-state index in [1.54, 1.807) is 7.11 Å². The van der Waals surface area contributed by atoms with Gasteiger partial charge in [0.05, 0.1) is 6.10 Å². The van der Waals surface area contributed by atoms with Crippen LogP contribution >= 0.6 is 0 Å². The average Bonchev–Trinajstić information content (AvgIpc) is 2.48. The minimum atomic E-state index is 0.0827. The van der Waals surface area contributed by atoms with Crippen molar-refractivity contribution >= 4 is 0 Å². The summed E-state index contributed by atoms with van der Waals surface area (Å²) in [5.74, 6) is 0.769. The zero-order valence-corrected chi connectivity index (χ0v) is 11.8. The maximum atomic E-state index is 5.34. The van der Waals surface area contributed by atoms with Crippen LogP contribution in [0.25, 0.3) is 11.4 Å². The molecule has 1 aromatic carbocycles. The minimum absolute atomic E-state index is 0.0827. The van der Waals surface area contributed by atoms with Crippen molar-refractivity contribution in [3.05, 3.63) is 47.8 Å². The second kappa shape index (κ2) is 6.43. The largest absolute Gasteiger partial charge is 0.377 e. The Bertz CT molecular complexity index is 523. The van der Waals surface area contributed by atoms with E-state index in [0.717, 1.165) is 29.8 Å². The smallest absolute Gasteiger partial charge is 0.159 e. The third-order valence-corrected chi connectivity index (χ3v) is 3.21. The fraction of sp³-hybridized carbons (Fsp3) is 0.375. The van der Waals surface area contributed by atoms with E-state index in [1.807, 2.05) is 31.5 Å². The van der Waals surface area contributed by atoms with Gasteiger partial charge in [0.1, 0.15) is 0 Å². The lowest BCUT2D eigenvalue weighted by Gasteiger charge is -2.11. The number of ether oxygens (including phenoxy) is 1. The summed E-state index contributed by atoms with van der Waals surface area (Å²) in [5, 5.41) is 0. The van der Waals surface area contributed by atoms with Gasteiger partial charge < -0.3 is 4.74 Å². The van der Waals surface area contributed by atoms with Gasteiger partial charge in [-0.25, -0.2) is 9.97 Å². The highest BCUT2D eigenvalue weighted by Gasteiger charge is 2.07. The van der Waals surface area contributed by atoms with Gasteiger partial charge in [-0.2, -0.15) is 0 Å². The first-order valence-corrected chi connectivity index (χ1v) is 6.68. The fourth-order valence-corrected chi connectivity index (χ4v) is 1.99. The van der Waals surface area contributed by atoms with Crippen molar-refractivity contribution in [1.82, 2.24) is 9.97 Å². The molecule has 3 heteroatoms. The van der Waals surface area contributed by atoms with Gasteiger partial charge in [-0.15, -0.1) is 0 Å². The van der Waals surface area contributed by atoms with Crippen LogP contribution in [0, 0.1) is 0 Å². The van der Waals surface area contributed by atoms with Crippen LogP contribution in [0.2, 0.25) is 0 Å². The quantitative estimate of drug-likeness (QED) is 0.816. The Labute approximate surface area is 114 Å². The van der Waals surface area contributed by atoms with Crippen LogP contribution in [0.4, 0.5) is 0 Å². The molecule has 3 nitrogen and oxygen atoms in total. The van der Waals surface area contributed by atoms with Gasteiger partial charge in [0, 0.05) is 25.1 Å². The molecule has 0 aliphatic carbocycles. The number of methoxy groups -OCH3 is 1. The van der Waals surface area contributed by atoms with Crippen LogP contribution in [-0.2, 0) is 11.2 Å². The predicted molar refractivity (Wildman–Crippen MR) is 76.9 cm³/mol. The first-order valence-electron chi connectivity index (χ1n) is 6.68. The molecule has 100 valence electrons. The maximum Gasteiger partial charge on any atom is 0.159 e. The molecule has 1 atom stereocenters. The van der Waals surface area contributed by atoms with E-state index in [4.69, 9.17) is 4.74 Å². The topological polar surface area (TPSA) is 35.0 Å². The summed E-state index contributed by atoms with van der Waals surface area (Å²) in [6, 6.07) is 8.19. The summed E-state index contributed by atoms with van der Waals surface area (Å²) in [6.45, 7) is 4.19. The highest BCUT2D eigenvalue weighted by Crippen LogP contribution is 2.22. The van der Waals surface area contributed by atoms with Gasteiger partial charge >= 0.3 is 0 Å². The van der Waals surface area contributed by atoms with E-state index in [2.05, 4.69) is 29.0 Å². The Balaban J connectivity index is 2.26. The van der Waals surface area contributed by atoms with Crippen molar-refractivity contribution in [1.29, 1.82) is 0 Å². The lowest BCUT2D eigenvalue weighted by molar-refractivity contribution is 0.119. The molecule has 0 saturated carbocycles. The molecule has 0 unspecified atom stereocenters. The van der Waals surface area contributed by atoms with Crippen molar-refractivity contribution in [2.45, 2.75) is 32.8 Å². The summed E-state index contributed by atoms with van der Waals surface area (Å²) in [7, 11) is 1.72. The van der Waals surface area contributed by atoms with Crippen LogP contribution in [0.15, 0.2) is 36.7 Å². The predicted octanol–water partition coefficient (Wildman–Crippen LogP) is 3.80. The molecular weight excluding hydrogens is 236 g/mol. The highest BCUT2D eigenvalue weighted by atomic mass is 16.5. The third kappa shape index (κ3) is 3.38. The van der Waals surface area contributed by atoms with Crippen LogP contribution in [0.5, 0.6) is 0 Å². The van der Waals surface area contributed by atoms with Gasteiger partial charge in [0.15, 0.2) is 5.82 Å². The molecule has 0 amide bonds. The number of aromatic nitrogens is 2. The Morgan fingerprint density at radius 3 is 2.58 bits per heavy atom. The van der Waals surface area contributed by atoms with Crippen molar-refractivity contribution in [3.8, 4) is 11.4 Å². The Morgan fingerprint density at radius 2 is 1.95 bits per heavy atom. The molecule has 0 aliphatic rings. The first-order chi connectivity index (χ1) is 9.24. The van der Waals surface area contributed by atoms with Gasteiger partial charge in [-0.1, -0.05) is 31.5 Å². The standard InChI is InChI=1S/C16H20N2O/c1-4-6-13-10-17-16(18-11-13)15-8-5-7-14(9-15)12(2)19-3/h5,7-12H,4,6H2,1-3H3/t12-/m1/s1. The molecule has 0 radical (unpaired) electrons. The van der Waals surface area contributed by atoms with Crippen molar-refractivity contribution in [2.24, 2.45) is 0 Å². The zero-order valence-electron chi connectivity index (χ0n) is 11.8. The SMILES string of the molecule is CCCc1cnc(-c2cccc([C@@H](C)OC)c2)nc1. The van der Waals surface area contributed by atoms with Gasteiger partial charge in [-0.3, -0.25) is 0 Å². The number of nitrogens with zero attached hydrogens (tertiary/aromatic N) is 2. The van der Waals surface area contributed by atoms with E-state index in [-0.39, 0.29) is 6.10 Å². The second-order valence-corrected chi connectivity index (χ2v) is 4.67. The number of aryl methyl sites for hydroxylation is 1. The van der Waals surface area contributed by atoms with Gasteiger partial charge in [0.2, 0.25) is 0 Å². The minimum Gasteiger partial charge on any atom is -0.377 e. The molecule has 1 aromatic heterocycles. The molecule has 0 spiro atoms. The molecule has 0 saturated heterocycles. The summed E-state index contributed by atoms with van der Waals surface area (Å²) in [5.41, 5.74) is 3.36. The summed E-state index contributed by atoms with van der Waals surface area (Å²) < 4.78 is 5.34. The average molecular weight is 256 g/mol. The summed E-state index contributed by atoms with van der Waals surface area (Å²) >= 11 is 0. The van der Waals surface area contributed by atoms with E-state index >= 15 is 0 Å². The first kappa shape index (κ1) is 13.7. The molecule has 1 heterocycles. The van der Waals surface area contributed by atoms with Gasteiger partial charge in [0.25, 0.3) is 0 Å². The molecule has 0 bridgehead atoms. The number of rotatable bonds is 5. The molecule has 0 fully saturated rings. The Kier molecular flexibility index (Phi) is 4.63. The van der Waals surface area contributed by atoms with E-state index < -0.39 is 0 Å². The lowest BCUT2D eigenvalue weighted by atomic mass is 10.1. The Morgan fingerprint density at radius 1 is 1.21 bits per heavy atom. The molecule has 19 heavy (non-hydrogen) atoms. The monoisotopic (exact) mass is 256 g/mol. The Hall–Kier alpha value is -1.74. The molecule has 0 N–H and O–H groups in total.